The Labute approximate surface area is 151 Å². The van der Waals surface area contributed by atoms with Crippen molar-refractivity contribution in [3.05, 3.63) is 59.7 Å². The van der Waals surface area contributed by atoms with Crippen molar-refractivity contribution >= 4 is 17.0 Å². The van der Waals surface area contributed by atoms with Crippen LogP contribution >= 0.6 is 0 Å². The Morgan fingerprint density at radius 3 is 2.69 bits per heavy atom. The van der Waals surface area contributed by atoms with E-state index >= 15 is 0 Å². The third-order valence-electron chi connectivity index (χ3n) is 5.17. The molecule has 1 aliphatic rings. The fourth-order valence-electron chi connectivity index (χ4n) is 3.66. The first-order valence-corrected chi connectivity index (χ1v) is 9.00. The fourth-order valence-corrected chi connectivity index (χ4v) is 3.66. The molecule has 6 heteroatoms. The lowest BCUT2D eigenvalue weighted by Gasteiger charge is -2.28. The van der Waals surface area contributed by atoms with Gasteiger partial charge in [-0.05, 0) is 31.5 Å². The molecule has 0 amide bonds. The molecule has 1 unspecified atom stereocenters. The number of aromatic amines is 1. The number of H-pyrrole nitrogens is 1. The molecule has 1 fully saturated rings. The highest BCUT2D eigenvalue weighted by Crippen LogP contribution is 2.26. The van der Waals surface area contributed by atoms with Crippen LogP contribution in [0.4, 0.5) is 14.7 Å². The fraction of sp³-hybridized carbons (Fsp3) is 0.350. The molecular weight excluding hydrogens is 334 g/mol. The van der Waals surface area contributed by atoms with Gasteiger partial charge in [0.05, 0.1) is 11.0 Å². The van der Waals surface area contributed by atoms with Gasteiger partial charge in [-0.3, -0.25) is 4.90 Å². The minimum atomic E-state index is -0.537. The van der Waals surface area contributed by atoms with E-state index in [0.29, 0.717) is 5.56 Å². The second-order valence-corrected chi connectivity index (χ2v) is 6.80. The third kappa shape index (κ3) is 3.29. The summed E-state index contributed by atoms with van der Waals surface area (Å²) in [5.41, 5.74) is 2.54. The van der Waals surface area contributed by atoms with Gasteiger partial charge in [-0.25, -0.2) is 13.8 Å². The molecule has 4 rings (SSSR count). The van der Waals surface area contributed by atoms with Crippen LogP contribution in [0.3, 0.4) is 0 Å². The summed E-state index contributed by atoms with van der Waals surface area (Å²) in [5.74, 6) is -0.130. The highest BCUT2D eigenvalue weighted by molar-refractivity contribution is 5.77. The van der Waals surface area contributed by atoms with Crippen molar-refractivity contribution in [1.82, 2.24) is 14.9 Å². The van der Waals surface area contributed by atoms with Crippen molar-refractivity contribution in [2.75, 3.05) is 31.1 Å². The van der Waals surface area contributed by atoms with Gasteiger partial charge >= 0.3 is 0 Å². The maximum atomic E-state index is 14.1. The van der Waals surface area contributed by atoms with Gasteiger partial charge in [0, 0.05) is 43.9 Å². The maximum absolute atomic E-state index is 14.1. The molecule has 0 saturated carbocycles. The van der Waals surface area contributed by atoms with Crippen molar-refractivity contribution in [1.29, 1.82) is 0 Å². The van der Waals surface area contributed by atoms with Crippen LogP contribution in [-0.4, -0.2) is 41.0 Å². The average Bonchev–Trinajstić information content (AvgIpc) is 2.90. The summed E-state index contributed by atoms with van der Waals surface area (Å²) in [6, 6.07) is 11.7. The van der Waals surface area contributed by atoms with Crippen LogP contribution in [0.25, 0.3) is 11.0 Å². The van der Waals surface area contributed by atoms with Crippen molar-refractivity contribution in [3.8, 4) is 0 Å². The second-order valence-electron chi connectivity index (χ2n) is 6.80. The lowest BCUT2D eigenvalue weighted by molar-refractivity contribution is 0.221. The van der Waals surface area contributed by atoms with Crippen LogP contribution < -0.4 is 4.90 Å². The van der Waals surface area contributed by atoms with E-state index < -0.39 is 11.6 Å². The molecule has 1 atom stereocenters. The Hall–Kier alpha value is -2.47. The molecule has 136 valence electrons. The zero-order chi connectivity index (χ0) is 18.1. The Morgan fingerprint density at radius 2 is 1.88 bits per heavy atom. The topological polar surface area (TPSA) is 35.2 Å². The van der Waals surface area contributed by atoms with Gasteiger partial charge < -0.3 is 9.88 Å². The standard InChI is InChI=1S/C20H22F2N4/c1-14(16-8-7-15(21)13-17(16)22)25-9-4-10-26(12-11-25)20-23-18-5-2-3-6-19(18)24-20/h2-3,5-8,13-14H,4,9-12H2,1H3,(H,23,24). The highest BCUT2D eigenvalue weighted by Gasteiger charge is 2.23. The molecule has 1 aromatic heterocycles. The first-order valence-electron chi connectivity index (χ1n) is 9.00. The Kier molecular flexibility index (Phi) is 4.59. The number of nitrogens with zero attached hydrogens (tertiary/aromatic N) is 3. The van der Waals surface area contributed by atoms with Gasteiger partial charge in [0.15, 0.2) is 0 Å². The summed E-state index contributed by atoms with van der Waals surface area (Å²) >= 11 is 0. The summed E-state index contributed by atoms with van der Waals surface area (Å²) in [6.45, 7) is 5.36. The zero-order valence-corrected chi connectivity index (χ0v) is 14.8. The van der Waals surface area contributed by atoms with Crippen LogP contribution in [0, 0.1) is 11.6 Å². The number of anilines is 1. The summed E-state index contributed by atoms with van der Waals surface area (Å²) < 4.78 is 27.3. The van der Waals surface area contributed by atoms with Crippen LogP contribution in [-0.2, 0) is 0 Å². The molecule has 0 bridgehead atoms. The molecule has 3 aromatic rings. The number of benzene rings is 2. The van der Waals surface area contributed by atoms with Crippen molar-refractivity contribution < 1.29 is 8.78 Å². The van der Waals surface area contributed by atoms with Gasteiger partial charge in [0.25, 0.3) is 0 Å². The van der Waals surface area contributed by atoms with Crippen LogP contribution in [0.2, 0.25) is 0 Å². The number of rotatable bonds is 3. The molecule has 26 heavy (non-hydrogen) atoms. The van der Waals surface area contributed by atoms with Crippen LogP contribution in [0.15, 0.2) is 42.5 Å². The van der Waals surface area contributed by atoms with E-state index in [1.807, 2.05) is 31.2 Å². The molecule has 2 aromatic carbocycles. The molecular formula is C20H22F2N4. The van der Waals surface area contributed by atoms with Gasteiger partial charge in [0.2, 0.25) is 5.95 Å². The van der Waals surface area contributed by atoms with Gasteiger partial charge in [0.1, 0.15) is 11.6 Å². The molecule has 0 radical (unpaired) electrons. The summed E-state index contributed by atoms with van der Waals surface area (Å²) in [4.78, 5) is 12.6. The average molecular weight is 356 g/mol. The lowest BCUT2D eigenvalue weighted by Crippen LogP contribution is -2.33. The van der Waals surface area contributed by atoms with E-state index in [4.69, 9.17) is 0 Å². The number of imidazole rings is 1. The third-order valence-corrected chi connectivity index (χ3v) is 5.17. The second kappa shape index (κ2) is 7.03. The molecule has 2 heterocycles. The number of fused-ring (bicyclic) bond motifs is 1. The van der Waals surface area contributed by atoms with E-state index in [2.05, 4.69) is 19.8 Å². The van der Waals surface area contributed by atoms with E-state index in [9.17, 15) is 8.78 Å². The predicted molar refractivity (Wildman–Crippen MR) is 99.3 cm³/mol. The van der Waals surface area contributed by atoms with Crippen molar-refractivity contribution in [2.24, 2.45) is 0 Å². The van der Waals surface area contributed by atoms with E-state index in [1.54, 1.807) is 6.07 Å². The maximum Gasteiger partial charge on any atom is 0.203 e. The predicted octanol–water partition coefficient (Wildman–Crippen LogP) is 4.11. The zero-order valence-electron chi connectivity index (χ0n) is 14.8. The highest BCUT2D eigenvalue weighted by atomic mass is 19.1. The molecule has 4 nitrogen and oxygen atoms in total. The number of hydrogen-bond acceptors (Lipinski definition) is 3. The summed E-state index contributed by atoms with van der Waals surface area (Å²) in [5, 5.41) is 0. The van der Waals surface area contributed by atoms with Crippen molar-refractivity contribution in [3.63, 3.8) is 0 Å². The number of nitrogens with one attached hydrogen (secondary N) is 1. The Balaban J connectivity index is 1.49. The number of aromatic nitrogens is 2. The summed E-state index contributed by atoms with van der Waals surface area (Å²) in [6.07, 6.45) is 0.962. The molecule has 1 aliphatic heterocycles. The van der Waals surface area contributed by atoms with E-state index in [1.165, 1.54) is 6.07 Å². The lowest BCUT2D eigenvalue weighted by atomic mass is 10.1. The van der Waals surface area contributed by atoms with Crippen molar-refractivity contribution in [2.45, 2.75) is 19.4 Å². The van der Waals surface area contributed by atoms with Gasteiger partial charge in [-0.1, -0.05) is 18.2 Å². The molecule has 0 spiro atoms. The number of hydrogen-bond donors (Lipinski definition) is 1. The SMILES string of the molecule is CC(c1ccc(F)cc1F)N1CCCN(c2nc3ccccc3[nH]2)CC1. The molecule has 0 aliphatic carbocycles. The number of halogens is 2. The molecule has 1 N–H and O–H groups in total. The van der Waals surface area contributed by atoms with Crippen LogP contribution in [0.1, 0.15) is 24.9 Å². The van der Waals surface area contributed by atoms with E-state index in [0.717, 1.165) is 55.6 Å². The monoisotopic (exact) mass is 356 g/mol. The first-order chi connectivity index (χ1) is 12.6. The van der Waals surface area contributed by atoms with E-state index in [-0.39, 0.29) is 6.04 Å². The Morgan fingerprint density at radius 1 is 1.04 bits per heavy atom. The minimum Gasteiger partial charge on any atom is -0.341 e. The quantitative estimate of drug-likeness (QED) is 0.767. The minimum absolute atomic E-state index is 0.0915. The largest absolute Gasteiger partial charge is 0.341 e. The van der Waals surface area contributed by atoms with Gasteiger partial charge in [-0.2, -0.15) is 0 Å². The first kappa shape index (κ1) is 17.0. The normalized spacial score (nSPS) is 17.4. The summed E-state index contributed by atoms with van der Waals surface area (Å²) in [7, 11) is 0. The smallest absolute Gasteiger partial charge is 0.203 e. The Bertz CT molecular complexity index is 875. The number of para-hydroxylation sites is 2. The van der Waals surface area contributed by atoms with Crippen LogP contribution in [0.5, 0.6) is 0 Å². The molecule has 1 saturated heterocycles. The van der Waals surface area contributed by atoms with Gasteiger partial charge in [-0.15, -0.1) is 0 Å².